The van der Waals surface area contributed by atoms with Crippen LogP contribution in [0, 0.1) is 5.92 Å². The third-order valence-electron chi connectivity index (χ3n) is 3.00. The van der Waals surface area contributed by atoms with E-state index in [1.807, 2.05) is 38.1 Å². The molecule has 1 fully saturated rings. The molecule has 0 aromatic heterocycles. The van der Waals surface area contributed by atoms with Crippen LogP contribution in [0.2, 0.25) is 0 Å². The molecule has 0 spiro atoms. The molecule has 18 heavy (non-hydrogen) atoms. The van der Waals surface area contributed by atoms with Gasteiger partial charge in [0.05, 0.1) is 0 Å². The van der Waals surface area contributed by atoms with Gasteiger partial charge in [0, 0.05) is 4.47 Å². The predicted octanol–water partition coefficient (Wildman–Crippen LogP) is 1.76. The number of rotatable bonds is 2. The van der Waals surface area contributed by atoms with Crippen molar-refractivity contribution in [3.8, 4) is 0 Å². The number of piperazine rings is 1. The molecule has 1 aliphatic heterocycles. The van der Waals surface area contributed by atoms with E-state index in [9.17, 15) is 9.59 Å². The van der Waals surface area contributed by atoms with E-state index in [0.29, 0.717) is 0 Å². The largest absolute Gasteiger partial charge is 0.342 e. The van der Waals surface area contributed by atoms with Crippen molar-refractivity contribution in [1.82, 2.24) is 10.6 Å². The molecule has 0 aliphatic carbocycles. The van der Waals surface area contributed by atoms with Gasteiger partial charge in [-0.3, -0.25) is 9.59 Å². The highest BCUT2D eigenvalue weighted by Crippen LogP contribution is 2.20. The molecule has 2 unspecified atom stereocenters. The summed E-state index contributed by atoms with van der Waals surface area (Å²) in [6.45, 7) is 3.81. The Balaban J connectivity index is 2.19. The van der Waals surface area contributed by atoms with Crippen molar-refractivity contribution in [2.75, 3.05) is 0 Å². The molecule has 0 saturated carbocycles. The lowest BCUT2D eigenvalue weighted by molar-refractivity contribution is -0.138. The molecular formula is C13H15BrN2O2. The summed E-state index contributed by atoms with van der Waals surface area (Å²) in [5, 5.41) is 5.53. The SMILES string of the molecule is CC(C)C1NC(=O)C(c2ccc(Br)cc2)NC1=O. The maximum Gasteiger partial charge on any atom is 0.247 e. The highest BCUT2D eigenvalue weighted by molar-refractivity contribution is 9.10. The first-order valence-electron chi connectivity index (χ1n) is 5.85. The van der Waals surface area contributed by atoms with Crippen molar-refractivity contribution in [2.45, 2.75) is 25.9 Å². The molecule has 2 amide bonds. The zero-order valence-electron chi connectivity index (χ0n) is 10.2. The van der Waals surface area contributed by atoms with Crippen LogP contribution in [0.1, 0.15) is 25.5 Å². The van der Waals surface area contributed by atoms with E-state index in [-0.39, 0.29) is 17.7 Å². The fourth-order valence-corrected chi connectivity index (χ4v) is 2.22. The van der Waals surface area contributed by atoms with Gasteiger partial charge in [0.1, 0.15) is 12.1 Å². The predicted molar refractivity (Wildman–Crippen MR) is 71.8 cm³/mol. The average molecular weight is 311 g/mol. The number of benzene rings is 1. The second kappa shape index (κ2) is 5.10. The topological polar surface area (TPSA) is 58.2 Å². The minimum absolute atomic E-state index is 0.0832. The summed E-state index contributed by atoms with van der Waals surface area (Å²) in [5.74, 6) is -0.201. The van der Waals surface area contributed by atoms with Crippen LogP contribution in [0.3, 0.4) is 0 Å². The van der Waals surface area contributed by atoms with Gasteiger partial charge >= 0.3 is 0 Å². The van der Waals surface area contributed by atoms with Gasteiger partial charge in [-0.05, 0) is 23.6 Å². The van der Waals surface area contributed by atoms with E-state index in [0.717, 1.165) is 10.0 Å². The Bertz CT molecular complexity index is 470. The molecule has 96 valence electrons. The smallest absolute Gasteiger partial charge is 0.247 e. The Kier molecular flexibility index (Phi) is 3.71. The molecular weight excluding hydrogens is 296 g/mol. The maximum absolute atomic E-state index is 12.0. The number of hydrogen-bond donors (Lipinski definition) is 2. The maximum atomic E-state index is 12.0. The molecule has 2 N–H and O–H groups in total. The molecule has 2 atom stereocenters. The number of carbonyl (C=O) groups is 2. The second-order valence-corrected chi connectivity index (χ2v) is 5.64. The Hall–Kier alpha value is -1.36. The zero-order chi connectivity index (χ0) is 13.3. The third-order valence-corrected chi connectivity index (χ3v) is 3.53. The Morgan fingerprint density at radius 3 is 2.22 bits per heavy atom. The number of nitrogens with one attached hydrogen (secondary N) is 2. The van der Waals surface area contributed by atoms with Crippen LogP contribution in [-0.2, 0) is 9.59 Å². The van der Waals surface area contributed by atoms with Gasteiger partial charge in [0.25, 0.3) is 0 Å². The van der Waals surface area contributed by atoms with Crippen LogP contribution >= 0.6 is 15.9 Å². The molecule has 5 heteroatoms. The zero-order valence-corrected chi connectivity index (χ0v) is 11.8. The number of halogens is 1. The van der Waals surface area contributed by atoms with Gasteiger partial charge in [0.15, 0.2) is 0 Å². The van der Waals surface area contributed by atoms with Gasteiger partial charge in [-0.25, -0.2) is 0 Å². The van der Waals surface area contributed by atoms with Crippen LogP contribution < -0.4 is 10.6 Å². The van der Waals surface area contributed by atoms with Gasteiger partial charge in [-0.2, -0.15) is 0 Å². The molecule has 1 saturated heterocycles. The standard InChI is InChI=1S/C13H15BrN2O2/c1-7(2)10-12(17)16-11(13(18)15-10)8-3-5-9(14)6-4-8/h3-7,10-11H,1-2H3,(H,15,18)(H,16,17). The third kappa shape index (κ3) is 2.56. The summed E-state index contributed by atoms with van der Waals surface area (Å²) in [7, 11) is 0. The van der Waals surface area contributed by atoms with E-state index in [1.165, 1.54) is 0 Å². The van der Waals surface area contributed by atoms with Crippen molar-refractivity contribution in [3.63, 3.8) is 0 Å². The average Bonchev–Trinajstić information content (AvgIpc) is 2.32. The molecule has 4 nitrogen and oxygen atoms in total. The van der Waals surface area contributed by atoms with E-state index in [4.69, 9.17) is 0 Å². The Morgan fingerprint density at radius 1 is 1.06 bits per heavy atom. The van der Waals surface area contributed by atoms with Gasteiger partial charge in [0.2, 0.25) is 11.8 Å². The first-order chi connectivity index (χ1) is 8.49. The number of hydrogen-bond acceptors (Lipinski definition) is 2. The summed E-state index contributed by atoms with van der Waals surface area (Å²) in [6, 6.07) is 6.31. The monoisotopic (exact) mass is 310 g/mol. The molecule has 2 rings (SSSR count). The van der Waals surface area contributed by atoms with E-state index in [1.54, 1.807) is 0 Å². The summed E-state index contributed by atoms with van der Waals surface area (Å²) in [5.41, 5.74) is 0.784. The van der Waals surface area contributed by atoms with E-state index >= 15 is 0 Å². The summed E-state index contributed by atoms with van der Waals surface area (Å²) in [6.07, 6.45) is 0. The molecule has 1 aromatic carbocycles. The number of amides is 2. The highest BCUT2D eigenvalue weighted by Gasteiger charge is 2.35. The summed E-state index contributed by atoms with van der Waals surface area (Å²) < 4.78 is 0.939. The number of carbonyl (C=O) groups excluding carboxylic acids is 2. The van der Waals surface area contributed by atoms with Crippen molar-refractivity contribution in [3.05, 3.63) is 34.3 Å². The van der Waals surface area contributed by atoms with Crippen LogP contribution in [0.15, 0.2) is 28.7 Å². The van der Waals surface area contributed by atoms with Crippen molar-refractivity contribution in [2.24, 2.45) is 5.92 Å². The van der Waals surface area contributed by atoms with Crippen LogP contribution in [0.4, 0.5) is 0 Å². The fourth-order valence-electron chi connectivity index (χ4n) is 1.96. The lowest BCUT2D eigenvalue weighted by Crippen LogP contribution is -2.59. The molecule has 1 aliphatic rings. The second-order valence-electron chi connectivity index (χ2n) is 4.72. The van der Waals surface area contributed by atoms with Gasteiger partial charge < -0.3 is 10.6 Å². The van der Waals surface area contributed by atoms with Crippen LogP contribution in [0.5, 0.6) is 0 Å². The summed E-state index contributed by atoms with van der Waals surface area (Å²) >= 11 is 3.34. The molecule has 0 bridgehead atoms. The molecule has 1 aromatic rings. The molecule has 0 radical (unpaired) electrons. The van der Waals surface area contributed by atoms with Crippen molar-refractivity contribution in [1.29, 1.82) is 0 Å². The Morgan fingerprint density at radius 2 is 1.67 bits per heavy atom. The minimum atomic E-state index is -0.597. The van der Waals surface area contributed by atoms with Gasteiger partial charge in [-0.15, -0.1) is 0 Å². The van der Waals surface area contributed by atoms with Gasteiger partial charge in [-0.1, -0.05) is 41.9 Å². The van der Waals surface area contributed by atoms with Crippen LogP contribution in [0.25, 0.3) is 0 Å². The summed E-state index contributed by atoms with van der Waals surface area (Å²) in [4.78, 5) is 23.9. The molecule has 1 heterocycles. The fraction of sp³-hybridized carbons (Fsp3) is 0.385. The van der Waals surface area contributed by atoms with Crippen LogP contribution in [-0.4, -0.2) is 17.9 Å². The highest BCUT2D eigenvalue weighted by atomic mass is 79.9. The lowest BCUT2D eigenvalue weighted by Gasteiger charge is -2.31. The normalized spacial score (nSPS) is 23.8. The first kappa shape index (κ1) is 13.1. The lowest BCUT2D eigenvalue weighted by atomic mass is 9.97. The quantitative estimate of drug-likeness (QED) is 0.874. The van der Waals surface area contributed by atoms with Crippen molar-refractivity contribution >= 4 is 27.7 Å². The minimum Gasteiger partial charge on any atom is -0.342 e. The Labute approximate surface area is 114 Å². The first-order valence-corrected chi connectivity index (χ1v) is 6.64. The van der Waals surface area contributed by atoms with E-state index < -0.39 is 12.1 Å². The van der Waals surface area contributed by atoms with Crippen molar-refractivity contribution < 1.29 is 9.59 Å². The van der Waals surface area contributed by atoms with E-state index in [2.05, 4.69) is 26.6 Å².